The largest absolute Gasteiger partial charge is 0.324 e. The van der Waals surface area contributed by atoms with Gasteiger partial charge in [-0.25, -0.2) is 0 Å². The molecular formula is C26H21N3O5S3. The molecule has 0 aromatic heterocycles. The molecular weight excluding hydrogens is 531 g/mol. The number of anilines is 1. The van der Waals surface area contributed by atoms with E-state index in [1.54, 1.807) is 30.3 Å². The van der Waals surface area contributed by atoms with Crippen molar-refractivity contribution in [3.63, 3.8) is 0 Å². The Morgan fingerprint density at radius 2 is 1.84 bits per heavy atom. The standard InChI is InChI=1S/C26H21N3O5S3/c1-16-6-9-19(10-7-16)36-22-11-8-17(12-21(22)29(33)34)13-23-25(31)28(26(32)37-23)15-24(30)27-18-4-3-5-20(14-18)35-2/h3-14H,15H2,1-2H3,(H,27,30)/b23-13-. The van der Waals surface area contributed by atoms with Gasteiger partial charge in [0.2, 0.25) is 5.91 Å². The number of imide groups is 1. The zero-order chi connectivity index (χ0) is 26.5. The van der Waals surface area contributed by atoms with Crippen LogP contribution < -0.4 is 5.32 Å². The van der Waals surface area contributed by atoms with E-state index in [0.717, 1.165) is 20.3 Å². The van der Waals surface area contributed by atoms with Crippen LogP contribution >= 0.6 is 35.3 Å². The number of amides is 3. The number of nitro benzene ring substituents is 1. The Balaban J connectivity index is 1.48. The highest BCUT2D eigenvalue weighted by molar-refractivity contribution is 8.18. The molecule has 11 heteroatoms. The first-order valence-corrected chi connectivity index (χ1v) is 13.8. The number of carbonyl (C=O) groups excluding carboxylic acids is 3. The maximum Gasteiger partial charge on any atom is 0.294 e. The van der Waals surface area contributed by atoms with Gasteiger partial charge < -0.3 is 5.32 Å². The lowest BCUT2D eigenvalue weighted by Gasteiger charge is -2.12. The number of nitro groups is 1. The van der Waals surface area contributed by atoms with Crippen molar-refractivity contribution in [2.24, 2.45) is 0 Å². The zero-order valence-corrected chi connectivity index (χ0v) is 22.2. The number of thioether (sulfide) groups is 2. The lowest BCUT2D eigenvalue weighted by Crippen LogP contribution is -2.36. The van der Waals surface area contributed by atoms with Crippen molar-refractivity contribution >= 4 is 69.8 Å². The normalized spacial score (nSPS) is 14.3. The Bertz CT molecular complexity index is 1420. The fourth-order valence-corrected chi connectivity index (χ4v) is 5.62. The zero-order valence-electron chi connectivity index (χ0n) is 19.8. The van der Waals surface area contributed by atoms with Crippen molar-refractivity contribution in [3.05, 3.63) is 92.9 Å². The number of benzene rings is 3. The quantitative estimate of drug-likeness (QED) is 0.147. The number of hydrogen-bond donors (Lipinski definition) is 1. The highest BCUT2D eigenvalue weighted by atomic mass is 32.2. The first-order chi connectivity index (χ1) is 17.7. The van der Waals surface area contributed by atoms with Gasteiger partial charge >= 0.3 is 0 Å². The van der Waals surface area contributed by atoms with Crippen molar-refractivity contribution in [3.8, 4) is 0 Å². The van der Waals surface area contributed by atoms with Crippen LogP contribution in [0.25, 0.3) is 6.08 Å². The molecule has 8 nitrogen and oxygen atoms in total. The molecule has 37 heavy (non-hydrogen) atoms. The predicted octanol–water partition coefficient (Wildman–Crippen LogP) is 6.45. The van der Waals surface area contributed by atoms with Crippen LogP contribution in [0.2, 0.25) is 0 Å². The van der Waals surface area contributed by atoms with Crippen LogP contribution in [0, 0.1) is 17.0 Å². The molecule has 0 saturated carbocycles. The van der Waals surface area contributed by atoms with Gasteiger partial charge in [-0.1, -0.05) is 41.6 Å². The van der Waals surface area contributed by atoms with E-state index >= 15 is 0 Å². The first kappa shape index (κ1) is 26.5. The summed E-state index contributed by atoms with van der Waals surface area (Å²) in [4.78, 5) is 52.3. The Kier molecular flexibility index (Phi) is 8.37. The van der Waals surface area contributed by atoms with Gasteiger partial charge in [-0.15, -0.1) is 11.8 Å². The van der Waals surface area contributed by atoms with Gasteiger partial charge in [0.05, 0.1) is 14.7 Å². The topological polar surface area (TPSA) is 110 Å². The van der Waals surface area contributed by atoms with Crippen LogP contribution in [0.3, 0.4) is 0 Å². The van der Waals surface area contributed by atoms with Gasteiger partial charge in [-0.2, -0.15) is 0 Å². The number of hydrogen-bond acceptors (Lipinski definition) is 8. The maximum absolute atomic E-state index is 12.9. The number of nitrogens with zero attached hydrogens (tertiary/aromatic N) is 2. The summed E-state index contributed by atoms with van der Waals surface area (Å²) in [7, 11) is 0. The summed E-state index contributed by atoms with van der Waals surface area (Å²) in [6.07, 6.45) is 3.34. The number of carbonyl (C=O) groups is 3. The molecule has 0 atom stereocenters. The Hall–Kier alpha value is -3.54. The lowest BCUT2D eigenvalue weighted by atomic mass is 10.2. The van der Waals surface area contributed by atoms with Crippen molar-refractivity contribution in [1.82, 2.24) is 4.90 Å². The Morgan fingerprint density at radius 3 is 2.54 bits per heavy atom. The van der Waals surface area contributed by atoms with Crippen molar-refractivity contribution in [1.29, 1.82) is 0 Å². The number of nitrogens with one attached hydrogen (secondary N) is 1. The van der Waals surface area contributed by atoms with E-state index in [0.29, 0.717) is 27.9 Å². The highest BCUT2D eigenvalue weighted by Gasteiger charge is 2.36. The molecule has 1 aliphatic rings. The second-order valence-electron chi connectivity index (χ2n) is 7.95. The molecule has 3 aromatic rings. The summed E-state index contributed by atoms with van der Waals surface area (Å²) in [6.45, 7) is 1.53. The van der Waals surface area contributed by atoms with Gasteiger partial charge in [-0.05, 0) is 73.0 Å². The minimum absolute atomic E-state index is 0.0930. The van der Waals surface area contributed by atoms with Gasteiger partial charge in [-0.3, -0.25) is 29.4 Å². The second kappa shape index (κ2) is 11.7. The minimum atomic E-state index is -0.622. The van der Waals surface area contributed by atoms with E-state index < -0.39 is 28.5 Å². The Labute approximate surface area is 226 Å². The summed E-state index contributed by atoms with van der Waals surface area (Å²) in [5.41, 5.74) is 1.95. The molecule has 1 aliphatic heterocycles. The molecule has 0 bridgehead atoms. The van der Waals surface area contributed by atoms with Crippen molar-refractivity contribution in [2.75, 3.05) is 18.1 Å². The molecule has 1 heterocycles. The van der Waals surface area contributed by atoms with E-state index in [-0.39, 0.29) is 10.6 Å². The molecule has 3 aromatic carbocycles. The van der Waals surface area contributed by atoms with E-state index in [1.807, 2.05) is 43.5 Å². The molecule has 3 amide bonds. The summed E-state index contributed by atoms with van der Waals surface area (Å²) in [6, 6.07) is 19.5. The number of aryl methyl sites for hydroxylation is 1. The van der Waals surface area contributed by atoms with Crippen LogP contribution in [0.4, 0.5) is 16.2 Å². The van der Waals surface area contributed by atoms with E-state index in [2.05, 4.69) is 5.32 Å². The summed E-state index contributed by atoms with van der Waals surface area (Å²) >= 11 is 3.49. The molecule has 0 aliphatic carbocycles. The third-order valence-electron chi connectivity index (χ3n) is 5.26. The molecule has 1 N–H and O–H groups in total. The van der Waals surface area contributed by atoms with E-state index in [4.69, 9.17) is 0 Å². The van der Waals surface area contributed by atoms with E-state index in [1.165, 1.54) is 35.7 Å². The third kappa shape index (κ3) is 6.62. The third-order valence-corrected chi connectivity index (χ3v) is 7.96. The smallest absolute Gasteiger partial charge is 0.294 e. The van der Waals surface area contributed by atoms with Crippen LogP contribution in [-0.2, 0) is 9.59 Å². The van der Waals surface area contributed by atoms with E-state index in [9.17, 15) is 24.5 Å². The van der Waals surface area contributed by atoms with Crippen LogP contribution in [-0.4, -0.2) is 39.7 Å². The van der Waals surface area contributed by atoms with Crippen molar-refractivity contribution < 1.29 is 19.3 Å². The number of rotatable bonds is 8. The fourth-order valence-electron chi connectivity index (χ4n) is 3.42. The fraction of sp³-hybridized carbons (Fsp3) is 0.115. The lowest BCUT2D eigenvalue weighted by molar-refractivity contribution is -0.387. The average molecular weight is 552 g/mol. The van der Waals surface area contributed by atoms with Crippen LogP contribution in [0.5, 0.6) is 0 Å². The summed E-state index contributed by atoms with van der Waals surface area (Å²) in [5, 5.41) is 13.8. The highest BCUT2D eigenvalue weighted by Crippen LogP contribution is 2.37. The molecule has 0 radical (unpaired) electrons. The molecule has 1 saturated heterocycles. The van der Waals surface area contributed by atoms with Gasteiger partial charge in [0, 0.05) is 21.5 Å². The van der Waals surface area contributed by atoms with Gasteiger partial charge in [0.1, 0.15) is 6.54 Å². The van der Waals surface area contributed by atoms with Gasteiger partial charge in [0.15, 0.2) is 0 Å². The first-order valence-electron chi connectivity index (χ1n) is 11.0. The van der Waals surface area contributed by atoms with Gasteiger partial charge in [0.25, 0.3) is 16.8 Å². The Morgan fingerprint density at radius 1 is 1.08 bits per heavy atom. The molecule has 1 fully saturated rings. The second-order valence-corrected chi connectivity index (χ2v) is 10.9. The summed E-state index contributed by atoms with van der Waals surface area (Å²) < 4.78 is 0. The average Bonchev–Trinajstić information content (AvgIpc) is 3.13. The maximum atomic E-state index is 12.9. The molecule has 0 unspecified atom stereocenters. The van der Waals surface area contributed by atoms with Crippen molar-refractivity contribution in [2.45, 2.75) is 21.6 Å². The molecule has 188 valence electrons. The summed E-state index contributed by atoms with van der Waals surface area (Å²) in [5.74, 6) is -1.13. The molecule has 4 rings (SSSR count). The van der Waals surface area contributed by atoms with Crippen LogP contribution in [0.15, 0.2) is 86.3 Å². The molecule has 0 spiro atoms. The monoisotopic (exact) mass is 551 g/mol. The SMILES string of the molecule is CSc1cccc(NC(=O)CN2C(=O)S/C(=C\c3ccc(Sc4ccc(C)cc4)c([N+](=O)[O-])c3)C2=O)c1. The van der Waals surface area contributed by atoms with Crippen LogP contribution in [0.1, 0.15) is 11.1 Å². The minimum Gasteiger partial charge on any atom is -0.324 e. The predicted molar refractivity (Wildman–Crippen MR) is 148 cm³/mol.